The summed E-state index contributed by atoms with van der Waals surface area (Å²) in [5, 5.41) is 3.32. The molecule has 98 valence electrons. The Hall–Kier alpha value is -0.530. The second-order valence-electron chi connectivity index (χ2n) is 5.89. The molecule has 0 unspecified atom stereocenters. The predicted molar refractivity (Wildman–Crippen MR) is 70.8 cm³/mol. The molecule has 2 fully saturated rings. The summed E-state index contributed by atoms with van der Waals surface area (Å²) >= 11 is 0. The highest BCUT2D eigenvalue weighted by atomic mass is 16.1. The fourth-order valence-corrected chi connectivity index (χ4v) is 3.28. The standard InChI is InChI=1S/C15H27NO/c17-15(13-9-5-4-6-10-13)16-14-11-7-2-1-3-8-12-14/h13-14H,1-12H2,(H,16,17). The van der Waals surface area contributed by atoms with Crippen molar-refractivity contribution in [3.8, 4) is 0 Å². The highest BCUT2D eigenvalue weighted by Gasteiger charge is 2.23. The lowest BCUT2D eigenvalue weighted by Gasteiger charge is -2.26. The monoisotopic (exact) mass is 237 g/mol. The first-order valence-electron chi connectivity index (χ1n) is 7.66. The molecule has 0 aliphatic heterocycles. The Kier molecular flexibility index (Phi) is 5.34. The van der Waals surface area contributed by atoms with Gasteiger partial charge in [0.1, 0.15) is 0 Å². The minimum absolute atomic E-state index is 0.328. The van der Waals surface area contributed by atoms with Crippen LogP contribution in [-0.2, 0) is 4.79 Å². The second kappa shape index (κ2) is 7.03. The Balaban J connectivity index is 1.75. The van der Waals surface area contributed by atoms with Crippen LogP contribution in [0.25, 0.3) is 0 Å². The van der Waals surface area contributed by atoms with Gasteiger partial charge in [-0.1, -0.05) is 51.4 Å². The van der Waals surface area contributed by atoms with Crippen LogP contribution in [0.4, 0.5) is 0 Å². The molecule has 0 heterocycles. The Morgan fingerprint density at radius 1 is 0.706 bits per heavy atom. The van der Waals surface area contributed by atoms with Crippen molar-refractivity contribution in [2.24, 2.45) is 5.92 Å². The van der Waals surface area contributed by atoms with E-state index in [2.05, 4.69) is 5.32 Å². The third-order valence-corrected chi connectivity index (χ3v) is 4.43. The minimum Gasteiger partial charge on any atom is -0.353 e. The molecule has 0 saturated heterocycles. The van der Waals surface area contributed by atoms with Gasteiger partial charge >= 0.3 is 0 Å². The van der Waals surface area contributed by atoms with E-state index < -0.39 is 0 Å². The third-order valence-electron chi connectivity index (χ3n) is 4.43. The highest BCUT2D eigenvalue weighted by Crippen LogP contribution is 2.24. The maximum atomic E-state index is 12.2. The highest BCUT2D eigenvalue weighted by molar-refractivity contribution is 5.79. The van der Waals surface area contributed by atoms with Crippen LogP contribution in [0.15, 0.2) is 0 Å². The van der Waals surface area contributed by atoms with Crippen LogP contribution >= 0.6 is 0 Å². The Bertz CT molecular complexity index is 225. The van der Waals surface area contributed by atoms with Crippen molar-refractivity contribution in [2.45, 2.75) is 83.1 Å². The summed E-state index contributed by atoms with van der Waals surface area (Å²) in [4.78, 5) is 12.2. The molecule has 0 aromatic rings. The van der Waals surface area contributed by atoms with Gasteiger partial charge in [0, 0.05) is 12.0 Å². The summed E-state index contributed by atoms with van der Waals surface area (Å²) < 4.78 is 0. The summed E-state index contributed by atoms with van der Waals surface area (Å²) in [5.41, 5.74) is 0. The first-order chi connectivity index (χ1) is 8.36. The molecular weight excluding hydrogens is 210 g/mol. The number of rotatable bonds is 2. The predicted octanol–water partition coefficient (Wildman–Crippen LogP) is 3.80. The van der Waals surface area contributed by atoms with E-state index in [-0.39, 0.29) is 0 Å². The molecule has 0 spiro atoms. The van der Waals surface area contributed by atoms with Gasteiger partial charge < -0.3 is 5.32 Å². The molecule has 1 N–H and O–H groups in total. The number of hydrogen-bond acceptors (Lipinski definition) is 1. The van der Waals surface area contributed by atoms with Gasteiger partial charge in [0.2, 0.25) is 5.91 Å². The zero-order valence-corrected chi connectivity index (χ0v) is 11.0. The van der Waals surface area contributed by atoms with Crippen molar-refractivity contribution in [3.05, 3.63) is 0 Å². The maximum Gasteiger partial charge on any atom is 0.223 e. The van der Waals surface area contributed by atoms with Gasteiger partial charge in [-0.05, 0) is 25.7 Å². The molecule has 2 saturated carbocycles. The van der Waals surface area contributed by atoms with E-state index in [1.165, 1.54) is 64.2 Å². The molecule has 2 aliphatic carbocycles. The van der Waals surface area contributed by atoms with Crippen LogP contribution in [-0.4, -0.2) is 11.9 Å². The zero-order chi connectivity index (χ0) is 11.9. The Morgan fingerprint density at radius 2 is 1.18 bits per heavy atom. The van der Waals surface area contributed by atoms with E-state index in [0.717, 1.165) is 12.8 Å². The van der Waals surface area contributed by atoms with Gasteiger partial charge in [-0.15, -0.1) is 0 Å². The first-order valence-corrected chi connectivity index (χ1v) is 7.66. The van der Waals surface area contributed by atoms with Crippen molar-refractivity contribution < 1.29 is 4.79 Å². The topological polar surface area (TPSA) is 29.1 Å². The summed E-state index contributed by atoms with van der Waals surface area (Å²) in [5.74, 6) is 0.685. The number of hydrogen-bond donors (Lipinski definition) is 1. The van der Waals surface area contributed by atoms with E-state index in [0.29, 0.717) is 17.9 Å². The van der Waals surface area contributed by atoms with Crippen LogP contribution < -0.4 is 5.32 Å². The van der Waals surface area contributed by atoms with E-state index in [9.17, 15) is 4.79 Å². The van der Waals surface area contributed by atoms with Crippen LogP contribution in [0.2, 0.25) is 0 Å². The summed E-state index contributed by atoms with van der Waals surface area (Å²) in [6.45, 7) is 0. The van der Waals surface area contributed by atoms with E-state index in [4.69, 9.17) is 0 Å². The summed E-state index contributed by atoms with van der Waals surface area (Å²) in [7, 11) is 0. The lowest BCUT2D eigenvalue weighted by molar-refractivity contribution is -0.126. The lowest BCUT2D eigenvalue weighted by atomic mass is 9.88. The molecule has 2 rings (SSSR count). The van der Waals surface area contributed by atoms with Crippen molar-refractivity contribution in [2.75, 3.05) is 0 Å². The van der Waals surface area contributed by atoms with E-state index in [1.54, 1.807) is 0 Å². The fourth-order valence-electron chi connectivity index (χ4n) is 3.28. The number of carbonyl (C=O) groups excluding carboxylic acids is 1. The summed E-state index contributed by atoms with van der Waals surface area (Å²) in [6.07, 6.45) is 15.2. The van der Waals surface area contributed by atoms with Gasteiger partial charge in [0.05, 0.1) is 0 Å². The SMILES string of the molecule is O=C(NC1CCCCCCC1)C1CCCCC1. The van der Waals surface area contributed by atoms with Crippen molar-refractivity contribution in [1.29, 1.82) is 0 Å². The molecule has 2 nitrogen and oxygen atoms in total. The largest absolute Gasteiger partial charge is 0.353 e. The van der Waals surface area contributed by atoms with E-state index >= 15 is 0 Å². The number of nitrogens with one attached hydrogen (secondary N) is 1. The van der Waals surface area contributed by atoms with Gasteiger partial charge in [-0.3, -0.25) is 4.79 Å². The van der Waals surface area contributed by atoms with Gasteiger partial charge in [-0.2, -0.15) is 0 Å². The minimum atomic E-state index is 0.328. The molecule has 17 heavy (non-hydrogen) atoms. The number of carbonyl (C=O) groups is 1. The molecule has 0 atom stereocenters. The molecule has 0 aromatic heterocycles. The average Bonchev–Trinajstić information content (AvgIpc) is 2.33. The molecular formula is C15H27NO. The van der Waals surface area contributed by atoms with Gasteiger partial charge in [0.15, 0.2) is 0 Å². The van der Waals surface area contributed by atoms with Crippen molar-refractivity contribution >= 4 is 5.91 Å². The quantitative estimate of drug-likeness (QED) is 0.777. The summed E-state index contributed by atoms with van der Waals surface area (Å²) in [6, 6.07) is 0.477. The smallest absolute Gasteiger partial charge is 0.223 e. The normalized spacial score (nSPS) is 24.9. The van der Waals surface area contributed by atoms with Gasteiger partial charge in [-0.25, -0.2) is 0 Å². The molecule has 0 radical (unpaired) electrons. The van der Waals surface area contributed by atoms with Crippen molar-refractivity contribution in [1.82, 2.24) is 5.32 Å². The van der Waals surface area contributed by atoms with Crippen molar-refractivity contribution in [3.63, 3.8) is 0 Å². The molecule has 2 aliphatic rings. The fraction of sp³-hybridized carbons (Fsp3) is 0.933. The maximum absolute atomic E-state index is 12.2. The molecule has 1 amide bonds. The average molecular weight is 237 g/mol. The third kappa shape index (κ3) is 4.33. The molecule has 0 bridgehead atoms. The first kappa shape index (κ1) is 12.9. The Morgan fingerprint density at radius 3 is 1.82 bits per heavy atom. The molecule has 0 aromatic carbocycles. The molecule has 2 heteroatoms. The lowest BCUT2D eigenvalue weighted by Crippen LogP contribution is -2.39. The van der Waals surface area contributed by atoms with Gasteiger partial charge in [0.25, 0.3) is 0 Å². The van der Waals surface area contributed by atoms with Crippen LogP contribution in [0.5, 0.6) is 0 Å². The zero-order valence-electron chi connectivity index (χ0n) is 11.0. The number of amides is 1. The second-order valence-corrected chi connectivity index (χ2v) is 5.89. The van der Waals surface area contributed by atoms with E-state index in [1.807, 2.05) is 0 Å². The van der Waals surface area contributed by atoms with Crippen LogP contribution in [0.3, 0.4) is 0 Å². The Labute approximate surface area is 106 Å². The van der Waals surface area contributed by atoms with Crippen LogP contribution in [0.1, 0.15) is 77.0 Å². The van der Waals surface area contributed by atoms with Crippen LogP contribution in [0, 0.1) is 5.92 Å².